The lowest BCUT2D eigenvalue weighted by atomic mass is 9.81. The van der Waals surface area contributed by atoms with Crippen LogP contribution in [0.15, 0.2) is 24.3 Å². The van der Waals surface area contributed by atoms with Gasteiger partial charge in [-0.25, -0.2) is 4.79 Å². The van der Waals surface area contributed by atoms with E-state index in [1.54, 1.807) is 12.1 Å². The molecule has 5 heteroatoms. The SMILES string of the molecule is O=C(O)c1cccc(N2C(=O)[C@@H]3[C@@H]4CC[C@H](C4)[C@@H]3C2=O)c1. The van der Waals surface area contributed by atoms with Gasteiger partial charge in [0.05, 0.1) is 23.1 Å². The van der Waals surface area contributed by atoms with Crippen LogP contribution >= 0.6 is 0 Å². The van der Waals surface area contributed by atoms with Gasteiger partial charge in [0.25, 0.3) is 0 Å². The smallest absolute Gasteiger partial charge is 0.335 e. The number of carboxylic acid groups (broad SMARTS) is 1. The van der Waals surface area contributed by atoms with Gasteiger partial charge < -0.3 is 5.11 Å². The van der Waals surface area contributed by atoms with Gasteiger partial charge in [0.2, 0.25) is 11.8 Å². The summed E-state index contributed by atoms with van der Waals surface area (Å²) in [6.45, 7) is 0. The molecular weight excluding hydrogens is 270 g/mol. The highest BCUT2D eigenvalue weighted by Gasteiger charge is 2.61. The van der Waals surface area contributed by atoms with E-state index in [1.807, 2.05) is 0 Å². The van der Waals surface area contributed by atoms with Gasteiger partial charge in [-0.3, -0.25) is 14.5 Å². The van der Waals surface area contributed by atoms with Gasteiger partial charge in [-0.05, 0) is 49.3 Å². The third kappa shape index (κ3) is 1.60. The summed E-state index contributed by atoms with van der Waals surface area (Å²) in [5.41, 5.74) is 0.479. The zero-order chi connectivity index (χ0) is 14.7. The molecule has 0 spiro atoms. The Balaban J connectivity index is 1.73. The standard InChI is InChI=1S/C16H15NO4/c18-14-12-8-4-5-9(6-8)13(12)15(19)17(14)11-3-1-2-10(7-11)16(20)21/h1-3,7-9,12-13H,4-6H2,(H,20,21)/t8-,9-,12-,13+/m1/s1. The summed E-state index contributed by atoms with van der Waals surface area (Å²) in [4.78, 5) is 37.5. The molecule has 21 heavy (non-hydrogen) atoms. The van der Waals surface area contributed by atoms with Gasteiger partial charge in [0.15, 0.2) is 0 Å². The number of carbonyl (C=O) groups excluding carboxylic acids is 2. The Kier molecular flexibility index (Phi) is 2.49. The van der Waals surface area contributed by atoms with E-state index >= 15 is 0 Å². The van der Waals surface area contributed by atoms with Gasteiger partial charge in [0.1, 0.15) is 0 Å². The summed E-state index contributed by atoms with van der Waals surface area (Å²) < 4.78 is 0. The van der Waals surface area contributed by atoms with Gasteiger partial charge in [-0.1, -0.05) is 6.07 Å². The average Bonchev–Trinajstić information content (AvgIpc) is 3.13. The Morgan fingerprint density at radius 1 is 1.10 bits per heavy atom. The van der Waals surface area contributed by atoms with E-state index < -0.39 is 5.97 Å². The van der Waals surface area contributed by atoms with E-state index in [2.05, 4.69) is 0 Å². The number of hydrogen-bond donors (Lipinski definition) is 1. The summed E-state index contributed by atoms with van der Waals surface area (Å²) in [5, 5.41) is 9.05. The maximum absolute atomic E-state index is 12.6. The highest BCUT2D eigenvalue weighted by atomic mass is 16.4. The molecule has 2 amide bonds. The van der Waals surface area contributed by atoms with E-state index in [-0.39, 0.29) is 29.2 Å². The van der Waals surface area contributed by atoms with Crippen molar-refractivity contribution in [1.29, 1.82) is 0 Å². The minimum absolute atomic E-state index is 0.0909. The second-order valence-corrected chi connectivity index (χ2v) is 6.25. The summed E-state index contributed by atoms with van der Waals surface area (Å²) in [7, 11) is 0. The molecule has 4 atom stereocenters. The van der Waals surface area contributed by atoms with Gasteiger partial charge in [-0.15, -0.1) is 0 Å². The number of rotatable bonds is 2. The molecule has 2 bridgehead atoms. The van der Waals surface area contributed by atoms with Crippen molar-refractivity contribution in [1.82, 2.24) is 0 Å². The molecular formula is C16H15NO4. The summed E-state index contributed by atoms with van der Waals surface area (Å²) >= 11 is 0. The number of benzene rings is 1. The van der Waals surface area contributed by atoms with Crippen molar-refractivity contribution >= 4 is 23.5 Å². The molecule has 2 aliphatic carbocycles. The Morgan fingerprint density at radius 2 is 1.71 bits per heavy atom. The molecule has 5 nitrogen and oxygen atoms in total. The van der Waals surface area contributed by atoms with Gasteiger partial charge in [-0.2, -0.15) is 0 Å². The van der Waals surface area contributed by atoms with E-state index in [0.717, 1.165) is 19.3 Å². The van der Waals surface area contributed by atoms with Gasteiger partial charge >= 0.3 is 5.97 Å². The van der Waals surface area contributed by atoms with E-state index in [4.69, 9.17) is 5.11 Å². The van der Waals surface area contributed by atoms with Crippen LogP contribution < -0.4 is 4.90 Å². The first-order valence-corrected chi connectivity index (χ1v) is 7.29. The zero-order valence-electron chi connectivity index (χ0n) is 11.4. The Morgan fingerprint density at radius 3 is 2.29 bits per heavy atom. The highest BCUT2D eigenvalue weighted by Crippen LogP contribution is 2.56. The fourth-order valence-electron chi connectivity index (χ4n) is 4.44. The lowest BCUT2D eigenvalue weighted by Gasteiger charge is -2.19. The minimum atomic E-state index is -1.06. The van der Waals surface area contributed by atoms with Crippen LogP contribution in [0.3, 0.4) is 0 Å². The predicted molar refractivity (Wildman–Crippen MR) is 73.7 cm³/mol. The number of imide groups is 1. The Hall–Kier alpha value is -2.17. The number of hydrogen-bond acceptors (Lipinski definition) is 3. The van der Waals surface area contributed by atoms with Crippen molar-refractivity contribution in [3.63, 3.8) is 0 Å². The molecule has 0 unspecified atom stereocenters. The fourth-order valence-corrected chi connectivity index (χ4v) is 4.44. The van der Waals surface area contributed by atoms with Crippen LogP contribution in [0.25, 0.3) is 0 Å². The van der Waals surface area contributed by atoms with Crippen molar-refractivity contribution in [3.05, 3.63) is 29.8 Å². The highest BCUT2D eigenvalue weighted by molar-refractivity contribution is 6.22. The topological polar surface area (TPSA) is 74.7 Å². The number of fused-ring (bicyclic) bond motifs is 5. The largest absolute Gasteiger partial charge is 0.478 e. The molecule has 0 aromatic heterocycles. The normalized spacial score (nSPS) is 33.6. The molecule has 4 rings (SSSR count). The summed E-state index contributed by atoms with van der Waals surface area (Å²) in [6, 6.07) is 6.07. The molecule has 1 N–H and O–H groups in total. The van der Waals surface area contributed by atoms with Crippen molar-refractivity contribution in [2.45, 2.75) is 19.3 Å². The van der Waals surface area contributed by atoms with Crippen molar-refractivity contribution in [2.24, 2.45) is 23.7 Å². The number of nitrogens with zero attached hydrogens (tertiary/aromatic N) is 1. The van der Waals surface area contributed by atoms with Crippen LogP contribution in [0.2, 0.25) is 0 Å². The third-order valence-corrected chi connectivity index (χ3v) is 5.28. The van der Waals surface area contributed by atoms with Crippen LogP contribution in [-0.4, -0.2) is 22.9 Å². The molecule has 2 saturated carbocycles. The predicted octanol–water partition coefficient (Wildman–Crippen LogP) is 1.92. The van der Waals surface area contributed by atoms with Gasteiger partial charge in [0, 0.05) is 0 Å². The Labute approximate surface area is 121 Å². The number of amides is 2. The molecule has 1 aromatic carbocycles. The first kappa shape index (κ1) is 12.6. The number of carboxylic acids is 1. The molecule has 3 fully saturated rings. The quantitative estimate of drug-likeness (QED) is 0.842. The van der Waals surface area contributed by atoms with Crippen molar-refractivity contribution in [2.75, 3.05) is 4.90 Å². The first-order chi connectivity index (χ1) is 10.1. The maximum Gasteiger partial charge on any atom is 0.335 e. The van der Waals surface area contributed by atoms with Crippen LogP contribution in [0.4, 0.5) is 5.69 Å². The molecule has 108 valence electrons. The zero-order valence-corrected chi connectivity index (χ0v) is 11.4. The third-order valence-electron chi connectivity index (χ3n) is 5.28. The van der Waals surface area contributed by atoms with Crippen LogP contribution in [0, 0.1) is 23.7 Å². The molecule has 1 heterocycles. The molecule has 1 aromatic rings. The second-order valence-electron chi connectivity index (χ2n) is 6.25. The van der Waals surface area contributed by atoms with Crippen LogP contribution in [0.1, 0.15) is 29.6 Å². The lowest BCUT2D eigenvalue weighted by Crippen LogP contribution is -2.32. The molecule has 3 aliphatic rings. The van der Waals surface area contributed by atoms with Crippen molar-refractivity contribution < 1.29 is 19.5 Å². The van der Waals surface area contributed by atoms with Crippen LogP contribution in [-0.2, 0) is 9.59 Å². The number of carbonyl (C=O) groups is 3. The Bertz CT molecular complexity index is 640. The summed E-state index contributed by atoms with van der Waals surface area (Å²) in [6.07, 6.45) is 3.07. The van der Waals surface area contributed by atoms with E-state index in [9.17, 15) is 14.4 Å². The first-order valence-electron chi connectivity index (χ1n) is 7.29. The van der Waals surface area contributed by atoms with Crippen molar-refractivity contribution in [3.8, 4) is 0 Å². The number of anilines is 1. The molecule has 1 aliphatic heterocycles. The fraction of sp³-hybridized carbons (Fsp3) is 0.438. The van der Waals surface area contributed by atoms with Crippen LogP contribution in [0.5, 0.6) is 0 Å². The molecule has 1 saturated heterocycles. The maximum atomic E-state index is 12.6. The number of aromatic carboxylic acids is 1. The van der Waals surface area contributed by atoms with E-state index in [0.29, 0.717) is 17.5 Å². The average molecular weight is 285 g/mol. The lowest BCUT2D eigenvalue weighted by molar-refractivity contribution is -0.123. The molecule has 0 radical (unpaired) electrons. The van der Waals surface area contributed by atoms with E-state index in [1.165, 1.54) is 17.0 Å². The summed E-state index contributed by atoms with van der Waals surface area (Å²) in [5.74, 6) is -1.02. The monoisotopic (exact) mass is 285 g/mol. The minimum Gasteiger partial charge on any atom is -0.478 e. The second kappa shape index (κ2) is 4.16.